The zero-order valence-corrected chi connectivity index (χ0v) is 12.5. The van der Waals surface area contributed by atoms with Crippen LogP contribution in [0.15, 0.2) is 60.7 Å². The zero-order chi connectivity index (χ0) is 17.1. The maximum Gasteiger partial charge on any atom is 0.270 e. The lowest BCUT2D eigenvalue weighted by molar-refractivity contribution is -0.384. The molecule has 0 radical (unpaired) electrons. The quantitative estimate of drug-likeness (QED) is 0.586. The number of nitrogens with zero attached hydrogens (tertiary/aromatic N) is 1. The van der Waals surface area contributed by atoms with Crippen molar-refractivity contribution < 1.29 is 14.1 Å². The number of non-ortho nitro benzene ring substituents is 1. The molecule has 0 heterocycles. The van der Waals surface area contributed by atoms with Crippen molar-refractivity contribution in [2.45, 2.75) is 6.54 Å². The summed E-state index contributed by atoms with van der Waals surface area (Å²) in [7, 11) is 0. The molecule has 5 nitrogen and oxygen atoms in total. The standard InChI is InChI=1S/C18H13FN2O3/c19-17-8-7-15(21(23)24)10-16(17)18(22)20-11-12-5-6-13-3-1-2-4-14(13)9-12/h1-10H,11H2,(H,20,22). The van der Waals surface area contributed by atoms with Crippen LogP contribution in [-0.4, -0.2) is 10.8 Å². The summed E-state index contributed by atoms with van der Waals surface area (Å²) in [4.78, 5) is 22.2. The second-order valence-corrected chi connectivity index (χ2v) is 5.29. The van der Waals surface area contributed by atoms with Crippen LogP contribution in [0.3, 0.4) is 0 Å². The summed E-state index contributed by atoms with van der Waals surface area (Å²) in [6.07, 6.45) is 0. The number of benzene rings is 3. The normalized spacial score (nSPS) is 10.5. The first-order chi connectivity index (χ1) is 11.5. The third kappa shape index (κ3) is 3.22. The van der Waals surface area contributed by atoms with Gasteiger partial charge in [-0.25, -0.2) is 4.39 Å². The van der Waals surface area contributed by atoms with E-state index in [9.17, 15) is 19.3 Å². The fourth-order valence-corrected chi connectivity index (χ4v) is 2.43. The van der Waals surface area contributed by atoms with Crippen molar-refractivity contribution in [2.75, 3.05) is 0 Å². The zero-order valence-electron chi connectivity index (χ0n) is 12.5. The molecule has 3 aromatic rings. The molecule has 0 saturated heterocycles. The van der Waals surface area contributed by atoms with Crippen LogP contribution in [0.25, 0.3) is 10.8 Å². The molecule has 0 atom stereocenters. The lowest BCUT2D eigenvalue weighted by atomic mass is 10.1. The van der Waals surface area contributed by atoms with E-state index in [0.29, 0.717) is 0 Å². The van der Waals surface area contributed by atoms with Crippen molar-refractivity contribution in [3.63, 3.8) is 0 Å². The highest BCUT2D eigenvalue weighted by atomic mass is 19.1. The number of fused-ring (bicyclic) bond motifs is 1. The van der Waals surface area contributed by atoms with Crippen molar-refractivity contribution >= 4 is 22.4 Å². The van der Waals surface area contributed by atoms with Crippen molar-refractivity contribution in [1.29, 1.82) is 0 Å². The molecule has 0 bridgehead atoms. The summed E-state index contributed by atoms with van der Waals surface area (Å²) in [5.74, 6) is -1.49. The average molecular weight is 324 g/mol. The number of halogens is 1. The molecule has 24 heavy (non-hydrogen) atoms. The molecule has 3 rings (SSSR count). The summed E-state index contributed by atoms with van der Waals surface area (Å²) in [5, 5.41) is 15.4. The third-order valence-corrected chi connectivity index (χ3v) is 3.67. The molecule has 1 amide bonds. The van der Waals surface area contributed by atoms with Crippen LogP contribution in [0.2, 0.25) is 0 Å². The first-order valence-corrected chi connectivity index (χ1v) is 7.24. The Labute approximate surface area is 136 Å². The van der Waals surface area contributed by atoms with E-state index in [1.54, 1.807) is 0 Å². The SMILES string of the molecule is O=C(NCc1ccc2ccccc2c1)c1cc([N+](=O)[O-])ccc1F. The lowest BCUT2D eigenvalue weighted by Gasteiger charge is -2.07. The van der Waals surface area contributed by atoms with Crippen molar-refractivity contribution in [1.82, 2.24) is 5.32 Å². The number of amides is 1. The maximum absolute atomic E-state index is 13.7. The van der Waals surface area contributed by atoms with Gasteiger partial charge in [0, 0.05) is 18.7 Å². The number of nitrogens with one attached hydrogen (secondary N) is 1. The van der Waals surface area contributed by atoms with Crippen LogP contribution >= 0.6 is 0 Å². The minimum Gasteiger partial charge on any atom is -0.348 e. The van der Waals surface area contributed by atoms with Gasteiger partial charge in [0.2, 0.25) is 0 Å². The van der Waals surface area contributed by atoms with Gasteiger partial charge in [0.1, 0.15) is 5.82 Å². The molecule has 3 aromatic carbocycles. The van der Waals surface area contributed by atoms with Gasteiger partial charge < -0.3 is 5.32 Å². The Morgan fingerprint density at radius 2 is 1.79 bits per heavy atom. The van der Waals surface area contributed by atoms with Crippen LogP contribution in [0, 0.1) is 15.9 Å². The molecule has 0 aliphatic carbocycles. The molecule has 0 aliphatic rings. The van der Waals surface area contributed by atoms with Gasteiger partial charge in [-0.15, -0.1) is 0 Å². The Balaban J connectivity index is 1.77. The second kappa shape index (κ2) is 6.45. The molecule has 0 saturated carbocycles. The topological polar surface area (TPSA) is 72.2 Å². The monoisotopic (exact) mass is 324 g/mol. The Bertz CT molecular complexity index is 940. The lowest BCUT2D eigenvalue weighted by Crippen LogP contribution is -2.24. The molecule has 1 N–H and O–H groups in total. The van der Waals surface area contributed by atoms with Crippen LogP contribution in [0.5, 0.6) is 0 Å². The molecule has 0 fully saturated rings. The van der Waals surface area contributed by atoms with Crippen LogP contribution in [0.1, 0.15) is 15.9 Å². The summed E-state index contributed by atoms with van der Waals surface area (Å²) < 4.78 is 13.7. The van der Waals surface area contributed by atoms with Crippen LogP contribution < -0.4 is 5.32 Å². The average Bonchev–Trinajstić information content (AvgIpc) is 2.59. The van der Waals surface area contributed by atoms with Gasteiger partial charge in [-0.1, -0.05) is 36.4 Å². The molecule has 0 aliphatic heterocycles. The molecule has 0 aromatic heterocycles. The van der Waals surface area contributed by atoms with Gasteiger partial charge in [-0.2, -0.15) is 0 Å². The van der Waals surface area contributed by atoms with Crippen LogP contribution in [0.4, 0.5) is 10.1 Å². The largest absolute Gasteiger partial charge is 0.348 e. The highest BCUT2D eigenvalue weighted by Crippen LogP contribution is 2.18. The molecule has 0 unspecified atom stereocenters. The highest BCUT2D eigenvalue weighted by molar-refractivity contribution is 5.95. The predicted octanol–water partition coefficient (Wildman–Crippen LogP) is 3.82. The van der Waals surface area contributed by atoms with Gasteiger partial charge in [0.05, 0.1) is 10.5 Å². The number of carbonyl (C=O) groups excluding carboxylic acids is 1. The number of rotatable bonds is 4. The maximum atomic E-state index is 13.7. The van der Waals surface area contributed by atoms with E-state index in [1.165, 1.54) is 0 Å². The van der Waals surface area contributed by atoms with Gasteiger partial charge in [-0.3, -0.25) is 14.9 Å². The van der Waals surface area contributed by atoms with Gasteiger partial charge in [0.25, 0.3) is 11.6 Å². The Morgan fingerprint density at radius 3 is 2.54 bits per heavy atom. The van der Waals surface area contributed by atoms with E-state index in [0.717, 1.165) is 34.5 Å². The van der Waals surface area contributed by atoms with E-state index in [4.69, 9.17) is 0 Å². The number of hydrogen-bond donors (Lipinski definition) is 1. The molecule has 6 heteroatoms. The van der Waals surface area contributed by atoms with E-state index in [-0.39, 0.29) is 17.8 Å². The van der Waals surface area contributed by atoms with Gasteiger partial charge in [-0.05, 0) is 28.5 Å². The molecule has 0 spiro atoms. The minimum absolute atomic E-state index is 0.200. The smallest absolute Gasteiger partial charge is 0.270 e. The molecule has 120 valence electrons. The van der Waals surface area contributed by atoms with Gasteiger partial charge >= 0.3 is 0 Å². The highest BCUT2D eigenvalue weighted by Gasteiger charge is 2.16. The Morgan fingerprint density at radius 1 is 1.04 bits per heavy atom. The second-order valence-electron chi connectivity index (χ2n) is 5.29. The number of nitro groups is 1. The summed E-state index contributed by atoms with van der Waals surface area (Å²) in [6, 6.07) is 16.4. The van der Waals surface area contributed by atoms with E-state index in [2.05, 4.69) is 5.32 Å². The summed E-state index contributed by atoms with van der Waals surface area (Å²) >= 11 is 0. The number of nitro benzene ring substituents is 1. The summed E-state index contributed by atoms with van der Waals surface area (Å²) in [5.41, 5.74) is 0.185. The van der Waals surface area contributed by atoms with E-state index >= 15 is 0 Å². The number of carbonyl (C=O) groups is 1. The van der Waals surface area contributed by atoms with Crippen LogP contribution in [-0.2, 0) is 6.54 Å². The van der Waals surface area contributed by atoms with Gasteiger partial charge in [0.15, 0.2) is 0 Å². The Hall–Kier alpha value is -3.28. The van der Waals surface area contributed by atoms with Crippen molar-refractivity contribution in [3.05, 3.63) is 87.7 Å². The van der Waals surface area contributed by atoms with E-state index in [1.807, 2.05) is 42.5 Å². The van der Waals surface area contributed by atoms with Crippen molar-refractivity contribution in [3.8, 4) is 0 Å². The molecular formula is C18H13FN2O3. The fourth-order valence-electron chi connectivity index (χ4n) is 2.43. The minimum atomic E-state index is -0.795. The first kappa shape index (κ1) is 15.6. The van der Waals surface area contributed by atoms with E-state index < -0.39 is 16.6 Å². The fraction of sp³-hybridized carbons (Fsp3) is 0.0556. The number of hydrogen-bond acceptors (Lipinski definition) is 3. The Kier molecular flexibility index (Phi) is 4.20. The first-order valence-electron chi connectivity index (χ1n) is 7.24. The predicted molar refractivity (Wildman–Crippen MR) is 88.2 cm³/mol. The summed E-state index contributed by atoms with van der Waals surface area (Å²) in [6.45, 7) is 0.200. The molecular weight excluding hydrogens is 311 g/mol. The third-order valence-electron chi connectivity index (χ3n) is 3.67. The van der Waals surface area contributed by atoms with Crippen molar-refractivity contribution in [2.24, 2.45) is 0 Å².